The standard InChI is InChI=1S/C17H28N4OS2/c1-2-23-17-20-19-15(24-17)18-16(22)21(13-9-5-3-6-10-13)14-11-7-4-8-12-14/h13-14H,2-12H2,1H3,(H,18,19,22). The van der Waals surface area contributed by atoms with Crippen LogP contribution >= 0.6 is 23.1 Å². The molecule has 3 rings (SSSR count). The van der Waals surface area contributed by atoms with Crippen molar-refractivity contribution in [1.82, 2.24) is 15.1 Å². The molecule has 2 fully saturated rings. The highest BCUT2D eigenvalue weighted by Crippen LogP contribution is 2.31. The van der Waals surface area contributed by atoms with Gasteiger partial charge in [-0.2, -0.15) is 0 Å². The molecule has 1 aromatic heterocycles. The Labute approximate surface area is 153 Å². The first-order valence-electron chi connectivity index (χ1n) is 9.33. The van der Waals surface area contributed by atoms with E-state index in [4.69, 9.17) is 0 Å². The van der Waals surface area contributed by atoms with Crippen LogP contribution in [0.25, 0.3) is 0 Å². The average molecular weight is 369 g/mol. The first-order valence-corrected chi connectivity index (χ1v) is 11.1. The third-order valence-corrected chi connectivity index (χ3v) is 6.91. The van der Waals surface area contributed by atoms with Crippen LogP contribution in [0.3, 0.4) is 0 Å². The van der Waals surface area contributed by atoms with E-state index in [9.17, 15) is 4.79 Å². The van der Waals surface area contributed by atoms with Gasteiger partial charge in [-0.05, 0) is 31.4 Å². The molecule has 2 amide bonds. The number of rotatable bonds is 5. The van der Waals surface area contributed by atoms with Gasteiger partial charge in [-0.1, -0.05) is 68.5 Å². The molecule has 1 heterocycles. The number of hydrogen-bond donors (Lipinski definition) is 1. The first-order chi connectivity index (χ1) is 11.8. The second-order valence-electron chi connectivity index (χ2n) is 6.73. The van der Waals surface area contributed by atoms with Crippen LogP contribution in [0.15, 0.2) is 4.34 Å². The molecule has 0 atom stereocenters. The molecule has 7 heteroatoms. The lowest BCUT2D eigenvalue weighted by Gasteiger charge is -2.41. The van der Waals surface area contributed by atoms with E-state index in [0.717, 1.165) is 35.8 Å². The minimum Gasteiger partial charge on any atom is -0.319 e. The number of carbonyl (C=O) groups excluding carboxylic acids is 1. The van der Waals surface area contributed by atoms with Gasteiger partial charge < -0.3 is 4.90 Å². The summed E-state index contributed by atoms with van der Waals surface area (Å²) >= 11 is 3.15. The number of thioether (sulfide) groups is 1. The number of nitrogens with one attached hydrogen (secondary N) is 1. The summed E-state index contributed by atoms with van der Waals surface area (Å²) < 4.78 is 0.926. The highest BCUT2D eigenvalue weighted by Gasteiger charge is 2.32. The third-order valence-electron chi connectivity index (χ3n) is 5.06. The molecule has 1 N–H and O–H groups in total. The molecule has 0 aliphatic heterocycles. The second kappa shape index (κ2) is 9.04. The van der Waals surface area contributed by atoms with Gasteiger partial charge in [0.1, 0.15) is 0 Å². The Morgan fingerprint density at radius 1 is 1.08 bits per heavy atom. The van der Waals surface area contributed by atoms with Gasteiger partial charge in [0, 0.05) is 12.1 Å². The van der Waals surface area contributed by atoms with Crippen molar-refractivity contribution in [2.75, 3.05) is 11.1 Å². The molecule has 1 aromatic rings. The lowest BCUT2D eigenvalue weighted by atomic mass is 9.89. The van der Waals surface area contributed by atoms with Crippen LogP contribution in [0.5, 0.6) is 0 Å². The summed E-state index contributed by atoms with van der Waals surface area (Å²) in [6.45, 7) is 2.10. The zero-order valence-electron chi connectivity index (χ0n) is 14.5. The predicted octanol–water partition coefficient (Wildman–Crippen LogP) is 5.15. The Balaban J connectivity index is 1.69. The summed E-state index contributed by atoms with van der Waals surface area (Å²) in [6, 6.07) is 0.844. The number of nitrogens with zero attached hydrogens (tertiary/aromatic N) is 3. The molecule has 0 bridgehead atoms. The monoisotopic (exact) mass is 368 g/mol. The number of anilines is 1. The predicted molar refractivity (Wildman–Crippen MR) is 101 cm³/mol. The Kier molecular flexibility index (Phi) is 6.77. The number of urea groups is 1. The zero-order valence-corrected chi connectivity index (χ0v) is 16.1. The van der Waals surface area contributed by atoms with Gasteiger partial charge in [0.25, 0.3) is 0 Å². The summed E-state index contributed by atoms with van der Waals surface area (Å²) in [4.78, 5) is 15.2. The molecule has 0 spiro atoms. The van der Waals surface area contributed by atoms with Gasteiger partial charge in [-0.15, -0.1) is 10.2 Å². The van der Waals surface area contributed by atoms with Crippen LogP contribution in [-0.4, -0.2) is 39.0 Å². The van der Waals surface area contributed by atoms with Crippen molar-refractivity contribution in [1.29, 1.82) is 0 Å². The summed E-state index contributed by atoms with van der Waals surface area (Å²) in [7, 11) is 0. The van der Waals surface area contributed by atoms with Gasteiger partial charge in [0.05, 0.1) is 0 Å². The highest BCUT2D eigenvalue weighted by molar-refractivity contribution is 8.01. The van der Waals surface area contributed by atoms with Gasteiger partial charge in [0.2, 0.25) is 5.13 Å². The fourth-order valence-electron chi connectivity index (χ4n) is 3.95. The quantitative estimate of drug-likeness (QED) is 0.577. The van der Waals surface area contributed by atoms with E-state index in [1.165, 1.54) is 49.9 Å². The van der Waals surface area contributed by atoms with E-state index in [1.54, 1.807) is 11.8 Å². The van der Waals surface area contributed by atoms with E-state index in [-0.39, 0.29) is 6.03 Å². The molecular formula is C17H28N4OS2. The number of carbonyl (C=O) groups is 1. The van der Waals surface area contributed by atoms with Crippen molar-refractivity contribution in [3.8, 4) is 0 Å². The zero-order chi connectivity index (χ0) is 16.8. The van der Waals surface area contributed by atoms with E-state index >= 15 is 0 Å². The molecule has 5 nitrogen and oxygen atoms in total. The van der Waals surface area contributed by atoms with Gasteiger partial charge in [-0.3, -0.25) is 5.32 Å². The minimum absolute atomic E-state index is 0.0398. The fourth-order valence-corrected chi connectivity index (χ4v) is 5.58. The summed E-state index contributed by atoms with van der Waals surface area (Å²) in [5.74, 6) is 0.971. The molecule has 2 saturated carbocycles. The van der Waals surface area contributed by atoms with Crippen molar-refractivity contribution in [3.05, 3.63) is 0 Å². The smallest absolute Gasteiger partial charge is 0.319 e. The van der Waals surface area contributed by atoms with Gasteiger partial charge in [-0.25, -0.2) is 4.79 Å². The van der Waals surface area contributed by atoms with E-state index in [1.807, 2.05) is 0 Å². The topological polar surface area (TPSA) is 58.1 Å². The van der Waals surface area contributed by atoms with E-state index in [2.05, 4.69) is 27.3 Å². The normalized spacial score (nSPS) is 20.0. The first kappa shape index (κ1) is 18.0. The molecule has 0 unspecified atom stereocenters. The Bertz CT molecular complexity index is 506. The number of hydrogen-bond acceptors (Lipinski definition) is 5. The maximum absolute atomic E-state index is 13.0. The summed E-state index contributed by atoms with van der Waals surface area (Å²) in [5, 5.41) is 11.9. The summed E-state index contributed by atoms with van der Waals surface area (Å²) in [5.41, 5.74) is 0. The van der Waals surface area contributed by atoms with Gasteiger partial charge >= 0.3 is 6.03 Å². The number of aromatic nitrogens is 2. The SMILES string of the molecule is CCSc1nnc(NC(=O)N(C2CCCCC2)C2CCCCC2)s1. The lowest BCUT2D eigenvalue weighted by Crippen LogP contribution is -2.50. The largest absolute Gasteiger partial charge is 0.324 e. The second-order valence-corrected chi connectivity index (χ2v) is 9.22. The maximum atomic E-state index is 13.0. The van der Waals surface area contributed by atoms with Gasteiger partial charge in [0.15, 0.2) is 4.34 Å². The molecule has 134 valence electrons. The molecule has 0 aromatic carbocycles. The summed E-state index contributed by atoms with van der Waals surface area (Å²) in [6.07, 6.45) is 12.2. The Morgan fingerprint density at radius 3 is 2.21 bits per heavy atom. The molecule has 2 aliphatic carbocycles. The van der Waals surface area contributed by atoms with Crippen LogP contribution in [0.2, 0.25) is 0 Å². The molecular weight excluding hydrogens is 340 g/mol. The average Bonchev–Trinajstić information content (AvgIpc) is 3.04. The molecule has 0 saturated heterocycles. The van der Waals surface area contributed by atoms with E-state index in [0.29, 0.717) is 17.2 Å². The van der Waals surface area contributed by atoms with Crippen molar-refractivity contribution in [3.63, 3.8) is 0 Å². The fraction of sp³-hybridized carbons (Fsp3) is 0.824. The van der Waals surface area contributed by atoms with Crippen molar-refractivity contribution >= 4 is 34.3 Å². The number of amides is 2. The third kappa shape index (κ3) is 4.63. The molecule has 24 heavy (non-hydrogen) atoms. The Morgan fingerprint density at radius 2 is 1.67 bits per heavy atom. The maximum Gasteiger partial charge on any atom is 0.324 e. The highest BCUT2D eigenvalue weighted by atomic mass is 32.2. The van der Waals surface area contributed by atoms with Crippen LogP contribution in [0.1, 0.15) is 71.1 Å². The lowest BCUT2D eigenvalue weighted by molar-refractivity contribution is 0.114. The van der Waals surface area contributed by atoms with E-state index < -0.39 is 0 Å². The minimum atomic E-state index is 0.0398. The van der Waals surface area contributed by atoms with Crippen molar-refractivity contribution < 1.29 is 4.79 Å². The molecule has 2 aliphatic rings. The Hall–Kier alpha value is -0.820. The van der Waals surface area contributed by atoms with Crippen molar-refractivity contribution in [2.45, 2.75) is 87.6 Å². The van der Waals surface area contributed by atoms with Crippen LogP contribution in [-0.2, 0) is 0 Å². The van der Waals surface area contributed by atoms with Crippen LogP contribution < -0.4 is 5.32 Å². The van der Waals surface area contributed by atoms with Crippen LogP contribution in [0, 0.1) is 0 Å². The molecule has 0 radical (unpaired) electrons. The van der Waals surface area contributed by atoms with Crippen LogP contribution in [0.4, 0.5) is 9.93 Å². The van der Waals surface area contributed by atoms with Crippen molar-refractivity contribution in [2.24, 2.45) is 0 Å².